The van der Waals surface area contributed by atoms with Crippen molar-refractivity contribution in [3.8, 4) is 5.75 Å². The summed E-state index contributed by atoms with van der Waals surface area (Å²) in [7, 11) is 0. The van der Waals surface area contributed by atoms with Crippen LogP contribution in [0.5, 0.6) is 5.75 Å². The molecule has 0 unspecified atom stereocenters. The lowest BCUT2D eigenvalue weighted by atomic mass is 10.3. The number of rotatable bonds is 2. The van der Waals surface area contributed by atoms with E-state index < -0.39 is 0 Å². The van der Waals surface area contributed by atoms with Gasteiger partial charge in [-0.25, -0.2) is 0 Å². The van der Waals surface area contributed by atoms with Gasteiger partial charge in [-0.3, -0.25) is 0 Å². The number of hydroxylamine groups is 2. The summed E-state index contributed by atoms with van der Waals surface area (Å²) in [6.07, 6.45) is 8.12. The molecule has 4 heteroatoms. The van der Waals surface area contributed by atoms with Gasteiger partial charge >= 0.3 is 0 Å². The molecule has 0 aliphatic carbocycles. The average Bonchev–Trinajstić information content (AvgIpc) is 2.81. The van der Waals surface area contributed by atoms with Crippen LogP contribution in [-0.4, -0.2) is 10.8 Å². The van der Waals surface area contributed by atoms with Crippen molar-refractivity contribution in [1.29, 1.82) is 0 Å². The minimum absolute atomic E-state index is 0.642. The van der Waals surface area contributed by atoms with Crippen molar-refractivity contribution < 1.29 is 4.84 Å². The van der Waals surface area contributed by atoms with Crippen LogP contribution in [0.4, 0.5) is 5.69 Å². The standard InChI is InChI=1S/C13H12N2OS/c14-10-4-1-2-5-12(10)16-15-8-3-6-13-11(15)7-9-17-13/h1-8H,9,14H2. The number of hydrogen-bond acceptors (Lipinski definition) is 4. The predicted octanol–water partition coefficient (Wildman–Crippen LogP) is 2.91. The monoisotopic (exact) mass is 244 g/mol. The van der Waals surface area contributed by atoms with Gasteiger partial charge in [0, 0.05) is 16.9 Å². The summed E-state index contributed by atoms with van der Waals surface area (Å²) >= 11 is 1.81. The number of nitrogen functional groups attached to an aromatic ring is 1. The number of para-hydroxylation sites is 2. The lowest BCUT2D eigenvalue weighted by Crippen LogP contribution is -2.22. The van der Waals surface area contributed by atoms with Gasteiger partial charge in [0.2, 0.25) is 0 Å². The van der Waals surface area contributed by atoms with Crippen LogP contribution in [0, 0.1) is 0 Å². The number of nitrogens with zero attached hydrogens (tertiary/aromatic N) is 1. The van der Waals surface area contributed by atoms with Crippen molar-refractivity contribution >= 4 is 17.4 Å². The van der Waals surface area contributed by atoms with Crippen molar-refractivity contribution in [2.24, 2.45) is 0 Å². The fourth-order valence-corrected chi connectivity index (χ4v) is 2.67. The molecule has 0 atom stereocenters. The third-order valence-corrected chi connectivity index (χ3v) is 3.58. The maximum atomic E-state index is 5.86. The Bertz CT molecular complexity index is 534. The molecule has 0 saturated heterocycles. The first-order valence-electron chi connectivity index (χ1n) is 5.38. The second-order valence-electron chi connectivity index (χ2n) is 3.73. The fraction of sp³-hybridized carbons (Fsp3) is 0.0769. The van der Waals surface area contributed by atoms with Gasteiger partial charge in [0.15, 0.2) is 5.75 Å². The van der Waals surface area contributed by atoms with E-state index in [-0.39, 0.29) is 0 Å². The lowest BCUT2D eigenvalue weighted by Gasteiger charge is -2.24. The molecule has 0 spiro atoms. The molecule has 17 heavy (non-hydrogen) atoms. The highest BCUT2D eigenvalue weighted by molar-refractivity contribution is 8.03. The zero-order valence-electron chi connectivity index (χ0n) is 9.17. The van der Waals surface area contributed by atoms with Crippen LogP contribution < -0.4 is 10.6 Å². The van der Waals surface area contributed by atoms with E-state index in [9.17, 15) is 0 Å². The molecule has 3 nitrogen and oxygen atoms in total. The van der Waals surface area contributed by atoms with Gasteiger partial charge in [-0.15, -0.1) is 11.8 Å². The van der Waals surface area contributed by atoms with Crippen LogP contribution >= 0.6 is 11.8 Å². The molecular weight excluding hydrogens is 232 g/mol. The Morgan fingerprint density at radius 1 is 1.29 bits per heavy atom. The molecule has 2 N–H and O–H groups in total. The molecule has 1 aromatic carbocycles. The van der Waals surface area contributed by atoms with Crippen LogP contribution in [-0.2, 0) is 0 Å². The number of thioether (sulfide) groups is 1. The summed E-state index contributed by atoms with van der Waals surface area (Å²) in [6.45, 7) is 0. The molecule has 2 aliphatic rings. The summed E-state index contributed by atoms with van der Waals surface area (Å²) in [5.41, 5.74) is 7.60. The highest BCUT2D eigenvalue weighted by Gasteiger charge is 2.21. The molecule has 2 heterocycles. The first-order valence-corrected chi connectivity index (χ1v) is 6.37. The summed E-state index contributed by atoms with van der Waals surface area (Å²) in [6, 6.07) is 7.50. The van der Waals surface area contributed by atoms with Crippen LogP contribution in [0.2, 0.25) is 0 Å². The van der Waals surface area contributed by atoms with Crippen molar-refractivity contribution in [2.75, 3.05) is 11.5 Å². The van der Waals surface area contributed by atoms with E-state index in [1.807, 2.05) is 48.3 Å². The van der Waals surface area contributed by atoms with Crippen LogP contribution in [0.3, 0.4) is 0 Å². The Kier molecular flexibility index (Phi) is 2.57. The normalized spacial score (nSPS) is 17.5. The Balaban J connectivity index is 1.85. The first-order chi connectivity index (χ1) is 8.34. The Hall–Kier alpha value is -1.81. The SMILES string of the molecule is Nc1ccccc1ON1C=CC=C2SCC=C21. The predicted molar refractivity (Wildman–Crippen MR) is 71.1 cm³/mol. The molecular formula is C13H12N2OS. The van der Waals surface area contributed by atoms with Crippen LogP contribution in [0.25, 0.3) is 0 Å². The van der Waals surface area contributed by atoms with Gasteiger partial charge in [0.1, 0.15) is 0 Å². The highest BCUT2D eigenvalue weighted by atomic mass is 32.2. The minimum Gasteiger partial charge on any atom is -0.396 e. The van der Waals surface area contributed by atoms with E-state index in [0.29, 0.717) is 11.4 Å². The van der Waals surface area contributed by atoms with Gasteiger partial charge in [0.05, 0.1) is 11.4 Å². The van der Waals surface area contributed by atoms with Crippen molar-refractivity contribution in [2.45, 2.75) is 0 Å². The number of allylic oxidation sites excluding steroid dienone is 2. The van der Waals surface area contributed by atoms with E-state index >= 15 is 0 Å². The third kappa shape index (κ3) is 1.91. The molecule has 0 fully saturated rings. The van der Waals surface area contributed by atoms with Crippen LogP contribution in [0.1, 0.15) is 0 Å². The number of fused-ring (bicyclic) bond motifs is 1. The van der Waals surface area contributed by atoms with E-state index in [1.54, 1.807) is 5.06 Å². The zero-order valence-corrected chi connectivity index (χ0v) is 9.98. The summed E-state index contributed by atoms with van der Waals surface area (Å²) < 4.78 is 0. The Morgan fingerprint density at radius 2 is 2.18 bits per heavy atom. The minimum atomic E-state index is 0.642. The summed E-state index contributed by atoms with van der Waals surface area (Å²) in [5.74, 6) is 1.67. The molecule has 2 aliphatic heterocycles. The van der Waals surface area contributed by atoms with Crippen LogP contribution in [0.15, 0.2) is 59.3 Å². The second kappa shape index (κ2) is 4.22. The van der Waals surface area contributed by atoms with E-state index in [2.05, 4.69) is 12.2 Å². The molecule has 1 aromatic rings. The Labute approximate surface area is 104 Å². The van der Waals surface area contributed by atoms with Gasteiger partial charge in [-0.05, 0) is 30.4 Å². The summed E-state index contributed by atoms with van der Waals surface area (Å²) in [5, 5.41) is 1.76. The van der Waals surface area contributed by atoms with Gasteiger partial charge in [0.25, 0.3) is 0 Å². The third-order valence-electron chi connectivity index (χ3n) is 2.59. The molecule has 0 saturated carbocycles. The van der Waals surface area contributed by atoms with Gasteiger partial charge < -0.3 is 10.6 Å². The zero-order chi connectivity index (χ0) is 11.7. The largest absolute Gasteiger partial charge is 0.396 e. The van der Waals surface area contributed by atoms with E-state index in [1.165, 1.54) is 4.91 Å². The Morgan fingerprint density at radius 3 is 3.06 bits per heavy atom. The number of hydrogen-bond donors (Lipinski definition) is 1. The maximum absolute atomic E-state index is 5.86. The van der Waals surface area contributed by atoms with Gasteiger partial charge in [-0.2, -0.15) is 5.06 Å². The molecule has 0 bridgehead atoms. The van der Waals surface area contributed by atoms with Crippen molar-refractivity contribution in [3.63, 3.8) is 0 Å². The molecule has 0 radical (unpaired) electrons. The maximum Gasteiger partial charge on any atom is 0.178 e. The number of anilines is 1. The number of nitrogens with two attached hydrogens (primary N) is 1. The quantitative estimate of drug-likeness (QED) is 0.812. The van der Waals surface area contributed by atoms with E-state index in [0.717, 1.165) is 11.4 Å². The lowest BCUT2D eigenvalue weighted by molar-refractivity contribution is 0.0344. The molecule has 0 aromatic heterocycles. The van der Waals surface area contributed by atoms with Crippen molar-refractivity contribution in [1.82, 2.24) is 5.06 Å². The number of benzene rings is 1. The summed E-state index contributed by atoms with van der Waals surface area (Å²) in [4.78, 5) is 7.04. The fourth-order valence-electron chi connectivity index (χ4n) is 1.76. The topological polar surface area (TPSA) is 38.5 Å². The average molecular weight is 244 g/mol. The molecule has 0 amide bonds. The van der Waals surface area contributed by atoms with Gasteiger partial charge in [-0.1, -0.05) is 12.1 Å². The van der Waals surface area contributed by atoms with Crippen molar-refractivity contribution in [3.05, 3.63) is 59.3 Å². The second-order valence-corrected chi connectivity index (χ2v) is 4.79. The molecule has 3 rings (SSSR count). The molecule has 86 valence electrons. The van der Waals surface area contributed by atoms with E-state index in [4.69, 9.17) is 10.6 Å². The first kappa shape index (κ1) is 10.4. The smallest absolute Gasteiger partial charge is 0.178 e. The highest BCUT2D eigenvalue weighted by Crippen LogP contribution is 2.36.